The first-order chi connectivity index (χ1) is 6.77. The third-order valence-electron chi connectivity index (χ3n) is 1.92. The Labute approximate surface area is 83.6 Å². The normalized spacial score (nSPS) is 10.6. The lowest BCUT2D eigenvalue weighted by atomic mass is 10.1. The van der Waals surface area contributed by atoms with Crippen LogP contribution in [0, 0.1) is 0 Å². The van der Waals surface area contributed by atoms with Crippen molar-refractivity contribution in [2.24, 2.45) is 0 Å². The third-order valence-corrected chi connectivity index (χ3v) is 2.91. The molecular formula is C11H9O2P. The first-order valence-corrected chi connectivity index (χ1v) is 5.17. The van der Waals surface area contributed by atoms with E-state index in [1.165, 1.54) is 12.1 Å². The standard InChI is InChI=1S/C11H9O2P/c12-8-4-5-10(13)9(7-8)11-3-1-2-6-14-11/h1-7,12-13H. The summed E-state index contributed by atoms with van der Waals surface area (Å²) in [6.07, 6.45) is 0. The summed E-state index contributed by atoms with van der Waals surface area (Å²) in [4.78, 5) is 0. The van der Waals surface area contributed by atoms with Gasteiger partial charge in [0.2, 0.25) is 0 Å². The van der Waals surface area contributed by atoms with E-state index in [0.29, 0.717) is 5.56 Å². The molecule has 3 heteroatoms. The van der Waals surface area contributed by atoms with Gasteiger partial charge in [-0.2, -0.15) is 0 Å². The Morgan fingerprint density at radius 3 is 2.57 bits per heavy atom. The highest BCUT2D eigenvalue weighted by molar-refractivity contribution is 7.33. The zero-order chi connectivity index (χ0) is 9.97. The van der Waals surface area contributed by atoms with Crippen LogP contribution in [0.25, 0.3) is 10.9 Å². The van der Waals surface area contributed by atoms with Crippen LogP contribution in [0.5, 0.6) is 11.5 Å². The van der Waals surface area contributed by atoms with E-state index in [0.717, 1.165) is 13.5 Å². The molecule has 1 heterocycles. The molecule has 70 valence electrons. The lowest BCUT2D eigenvalue weighted by Crippen LogP contribution is -1.75. The van der Waals surface area contributed by atoms with Crippen molar-refractivity contribution >= 4 is 8.19 Å². The van der Waals surface area contributed by atoms with Gasteiger partial charge >= 0.3 is 0 Å². The van der Waals surface area contributed by atoms with Crippen molar-refractivity contribution in [2.45, 2.75) is 0 Å². The van der Waals surface area contributed by atoms with Gasteiger partial charge in [-0.3, -0.25) is 0 Å². The number of hydrogen-bond acceptors (Lipinski definition) is 2. The largest absolute Gasteiger partial charge is 0.508 e. The van der Waals surface area contributed by atoms with Gasteiger partial charge in [-0.1, -0.05) is 20.3 Å². The van der Waals surface area contributed by atoms with E-state index >= 15 is 0 Å². The fraction of sp³-hybridized carbons (Fsp3) is 0. The maximum absolute atomic E-state index is 9.59. The molecule has 0 aliphatic rings. The summed E-state index contributed by atoms with van der Waals surface area (Å²) in [7, 11) is 1.03. The van der Waals surface area contributed by atoms with Gasteiger partial charge in [-0.25, -0.2) is 0 Å². The van der Waals surface area contributed by atoms with Crippen LogP contribution in [0.4, 0.5) is 0 Å². The number of hydrogen-bond donors (Lipinski definition) is 2. The lowest BCUT2D eigenvalue weighted by molar-refractivity contribution is 0.462. The van der Waals surface area contributed by atoms with Gasteiger partial charge in [0.15, 0.2) is 0 Å². The van der Waals surface area contributed by atoms with Gasteiger partial charge in [0, 0.05) is 10.9 Å². The van der Waals surface area contributed by atoms with Gasteiger partial charge in [0.05, 0.1) is 0 Å². The lowest BCUT2D eigenvalue weighted by Gasteiger charge is -2.04. The predicted molar refractivity (Wildman–Crippen MR) is 57.7 cm³/mol. The maximum Gasteiger partial charge on any atom is 0.124 e. The summed E-state index contributed by atoms with van der Waals surface area (Å²) >= 11 is 0. The molecule has 0 unspecified atom stereocenters. The highest BCUT2D eigenvalue weighted by Crippen LogP contribution is 2.35. The van der Waals surface area contributed by atoms with E-state index in [-0.39, 0.29) is 11.5 Å². The van der Waals surface area contributed by atoms with Crippen LogP contribution in [0.2, 0.25) is 0 Å². The molecule has 0 spiro atoms. The molecule has 1 aromatic heterocycles. The minimum absolute atomic E-state index is 0.170. The van der Waals surface area contributed by atoms with E-state index in [1.54, 1.807) is 6.07 Å². The molecule has 14 heavy (non-hydrogen) atoms. The second-order valence-electron chi connectivity index (χ2n) is 2.92. The second kappa shape index (κ2) is 3.69. The highest BCUT2D eigenvalue weighted by Gasteiger charge is 2.04. The van der Waals surface area contributed by atoms with Crippen LogP contribution in [0.1, 0.15) is 0 Å². The van der Waals surface area contributed by atoms with E-state index in [4.69, 9.17) is 0 Å². The Bertz CT molecular complexity index is 440. The van der Waals surface area contributed by atoms with Gasteiger partial charge in [0.1, 0.15) is 11.5 Å². The molecular weight excluding hydrogens is 195 g/mol. The fourth-order valence-electron chi connectivity index (χ4n) is 1.25. The molecule has 1 aromatic carbocycles. The number of benzene rings is 1. The molecule has 0 fully saturated rings. The Morgan fingerprint density at radius 1 is 1.00 bits per heavy atom. The second-order valence-corrected chi connectivity index (χ2v) is 3.95. The summed E-state index contributed by atoms with van der Waals surface area (Å²) in [5.41, 5.74) is 0.687. The quantitative estimate of drug-likeness (QED) is 0.699. The van der Waals surface area contributed by atoms with Crippen molar-refractivity contribution < 1.29 is 10.2 Å². The van der Waals surface area contributed by atoms with Crippen molar-refractivity contribution in [1.82, 2.24) is 0 Å². The smallest absolute Gasteiger partial charge is 0.124 e. The molecule has 2 aromatic rings. The molecule has 0 amide bonds. The Hall–Kier alpha value is -1.53. The minimum Gasteiger partial charge on any atom is -0.508 e. The molecule has 2 nitrogen and oxygen atoms in total. The average Bonchev–Trinajstić information content (AvgIpc) is 2.23. The van der Waals surface area contributed by atoms with Crippen LogP contribution in [0.15, 0.2) is 42.2 Å². The Morgan fingerprint density at radius 2 is 1.86 bits per heavy atom. The Balaban J connectivity index is 2.57. The summed E-state index contributed by atoms with van der Waals surface area (Å²) in [5.74, 6) is 2.35. The number of aromatic hydroxyl groups is 2. The molecule has 0 saturated heterocycles. The summed E-state index contributed by atoms with van der Waals surface area (Å²) in [5, 5.41) is 19.9. The highest BCUT2D eigenvalue weighted by atomic mass is 31.0. The molecule has 0 bridgehead atoms. The van der Waals surface area contributed by atoms with Gasteiger partial charge < -0.3 is 10.2 Å². The van der Waals surface area contributed by atoms with E-state index < -0.39 is 0 Å². The zero-order valence-electron chi connectivity index (χ0n) is 7.38. The summed E-state index contributed by atoms with van der Waals surface area (Å²) in [6, 6.07) is 10.3. The van der Waals surface area contributed by atoms with Gasteiger partial charge in [-0.15, -0.1) is 0 Å². The van der Waals surface area contributed by atoms with Gasteiger partial charge in [0.25, 0.3) is 0 Å². The number of rotatable bonds is 1. The molecule has 0 radical (unpaired) electrons. The first kappa shape index (κ1) is 9.04. The topological polar surface area (TPSA) is 40.5 Å². The van der Waals surface area contributed by atoms with Crippen molar-refractivity contribution in [3.63, 3.8) is 0 Å². The molecule has 2 rings (SSSR count). The summed E-state index contributed by atoms with van der Waals surface area (Å²) < 4.78 is 0. The van der Waals surface area contributed by atoms with Crippen LogP contribution >= 0.6 is 8.19 Å². The third kappa shape index (κ3) is 1.70. The molecule has 0 atom stereocenters. The molecule has 2 N–H and O–H groups in total. The monoisotopic (exact) mass is 204 g/mol. The summed E-state index contributed by atoms with van der Waals surface area (Å²) in [6.45, 7) is 0. The van der Waals surface area contributed by atoms with Crippen LogP contribution in [-0.4, -0.2) is 10.2 Å². The molecule has 0 aliphatic carbocycles. The number of phenols is 2. The van der Waals surface area contributed by atoms with Gasteiger partial charge in [-0.05, 0) is 30.1 Å². The number of phenolic OH excluding ortho intramolecular Hbond substituents is 2. The van der Waals surface area contributed by atoms with E-state index in [9.17, 15) is 10.2 Å². The van der Waals surface area contributed by atoms with E-state index in [2.05, 4.69) is 0 Å². The fourth-order valence-corrected chi connectivity index (χ4v) is 2.09. The maximum atomic E-state index is 9.59. The van der Waals surface area contributed by atoms with E-state index in [1.807, 2.05) is 24.0 Å². The molecule has 0 saturated carbocycles. The molecule has 0 aliphatic heterocycles. The van der Waals surface area contributed by atoms with Crippen molar-refractivity contribution in [3.8, 4) is 22.4 Å². The first-order valence-electron chi connectivity index (χ1n) is 4.21. The van der Waals surface area contributed by atoms with Crippen LogP contribution in [0.3, 0.4) is 0 Å². The van der Waals surface area contributed by atoms with Crippen LogP contribution < -0.4 is 0 Å². The Kier molecular flexibility index (Phi) is 2.38. The van der Waals surface area contributed by atoms with Crippen molar-refractivity contribution in [2.75, 3.05) is 0 Å². The average molecular weight is 204 g/mol. The van der Waals surface area contributed by atoms with Crippen molar-refractivity contribution in [3.05, 3.63) is 42.2 Å². The van der Waals surface area contributed by atoms with Crippen molar-refractivity contribution in [1.29, 1.82) is 0 Å². The predicted octanol–water partition coefficient (Wildman–Crippen LogP) is 3.34. The van der Waals surface area contributed by atoms with Crippen LogP contribution in [-0.2, 0) is 0 Å². The SMILES string of the molecule is Oc1ccc(O)c(-c2ccccp2)c1. The zero-order valence-corrected chi connectivity index (χ0v) is 8.28. The minimum atomic E-state index is 0.170.